The average Bonchev–Trinajstić information content (AvgIpc) is 3.24. The maximum atomic E-state index is 12.9. The Balaban J connectivity index is 1.61. The Hall–Kier alpha value is -2.18. The van der Waals surface area contributed by atoms with Crippen LogP contribution in [0.5, 0.6) is 0 Å². The second kappa shape index (κ2) is 7.68. The zero-order valence-corrected chi connectivity index (χ0v) is 16.8. The summed E-state index contributed by atoms with van der Waals surface area (Å²) < 4.78 is 11.3. The van der Waals surface area contributed by atoms with Crippen molar-refractivity contribution >= 4 is 5.91 Å². The van der Waals surface area contributed by atoms with Crippen molar-refractivity contribution in [3.8, 4) is 0 Å². The van der Waals surface area contributed by atoms with E-state index >= 15 is 0 Å². The van der Waals surface area contributed by atoms with Gasteiger partial charge in [-0.25, -0.2) is 0 Å². The lowest BCUT2D eigenvalue weighted by molar-refractivity contribution is 0.00365. The standard InChI is InChI=1S/C22H29N3O3/c1-14(2)12-15-13-18(28-25-15)21(26)24-19-16-6-4-5-7-17(16)22(20(19)27-3)8-10-23-11-9-22/h4-7,13-14,19-20,23H,8-12H2,1-3H3,(H,24,26)/t19-,20+/m0/s1. The Kier molecular flexibility index (Phi) is 5.25. The number of hydrogen-bond acceptors (Lipinski definition) is 5. The number of hydrogen-bond donors (Lipinski definition) is 2. The highest BCUT2D eigenvalue weighted by Crippen LogP contribution is 2.51. The number of benzene rings is 1. The number of methoxy groups -OCH3 is 1. The van der Waals surface area contributed by atoms with Crippen LogP contribution in [0.15, 0.2) is 34.9 Å². The quantitative estimate of drug-likeness (QED) is 0.830. The number of nitrogens with one attached hydrogen (secondary N) is 2. The van der Waals surface area contributed by atoms with E-state index in [2.05, 4.69) is 47.8 Å². The topological polar surface area (TPSA) is 76.4 Å². The van der Waals surface area contributed by atoms with Crippen molar-refractivity contribution in [2.75, 3.05) is 20.2 Å². The first-order valence-electron chi connectivity index (χ1n) is 10.1. The van der Waals surface area contributed by atoms with Gasteiger partial charge in [0, 0.05) is 18.6 Å². The molecule has 6 heteroatoms. The fraction of sp³-hybridized carbons (Fsp3) is 0.545. The van der Waals surface area contributed by atoms with E-state index in [9.17, 15) is 4.79 Å². The van der Waals surface area contributed by atoms with Crippen LogP contribution in [0.4, 0.5) is 0 Å². The van der Waals surface area contributed by atoms with Crippen molar-refractivity contribution in [2.24, 2.45) is 5.92 Å². The van der Waals surface area contributed by atoms with Crippen LogP contribution in [0.25, 0.3) is 0 Å². The summed E-state index contributed by atoms with van der Waals surface area (Å²) in [4.78, 5) is 12.9. The lowest BCUT2D eigenvalue weighted by Gasteiger charge is -2.40. The number of ether oxygens (including phenoxy) is 1. The molecule has 1 spiro atoms. The maximum Gasteiger partial charge on any atom is 0.290 e. The van der Waals surface area contributed by atoms with Crippen molar-refractivity contribution < 1.29 is 14.1 Å². The summed E-state index contributed by atoms with van der Waals surface area (Å²) >= 11 is 0. The Morgan fingerprint density at radius 2 is 2.11 bits per heavy atom. The van der Waals surface area contributed by atoms with Crippen LogP contribution in [0, 0.1) is 5.92 Å². The predicted octanol–water partition coefficient (Wildman–Crippen LogP) is 2.99. The molecule has 1 aromatic carbocycles. The zero-order valence-electron chi connectivity index (χ0n) is 16.8. The van der Waals surface area contributed by atoms with Gasteiger partial charge in [-0.05, 0) is 49.4 Å². The van der Waals surface area contributed by atoms with Gasteiger partial charge < -0.3 is 19.9 Å². The van der Waals surface area contributed by atoms with Crippen LogP contribution < -0.4 is 10.6 Å². The molecular formula is C22H29N3O3. The summed E-state index contributed by atoms with van der Waals surface area (Å²) in [5.41, 5.74) is 3.18. The van der Waals surface area contributed by atoms with E-state index in [0.717, 1.165) is 43.6 Å². The lowest BCUT2D eigenvalue weighted by Crippen LogP contribution is -2.49. The van der Waals surface area contributed by atoms with E-state index in [0.29, 0.717) is 5.92 Å². The van der Waals surface area contributed by atoms with Crippen LogP contribution in [0.2, 0.25) is 0 Å². The minimum absolute atomic E-state index is 0.0707. The van der Waals surface area contributed by atoms with Crippen molar-refractivity contribution in [2.45, 2.75) is 50.7 Å². The van der Waals surface area contributed by atoms with Gasteiger partial charge in [0.2, 0.25) is 5.76 Å². The van der Waals surface area contributed by atoms with Gasteiger partial charge in [0.1, 0.15) is 0 Å². The van der Waals surface area contributed by atoms with Gasteiger partial charge in [0.15, 0.2) is 0 Å². The second-order valence-electron chi connectivity index (χ2n) is 8.38. The molecule has 0 bridgehead atoms. The number of nitrogens with zero attached hydrogens (tertiary/aromatic N) is 1. The molecule has 2 aromatic rings. The Bertz CT molecular complexity index is 839. The van der Waals surface area contributed by atoms with Gasteiger partial charge >= 0.3 is 0 Å². The van der Waals surface area contributed by atoms with Gasteiger partial charge in [-0.15, -0.1) is 0 Å². The summed E-state index contributed by atoms with van der Waals surface area (Å²) in [7, 11) is 1.74. The fourth-order valence-electron chi connectivity index (χ4n) is 4.94. The molecule has 2 heterocycles. The first-order valence-corrected chi connectivity index (χ1v) is 10.1. The molecule has 1 saturated heterocycles. The van der Waals surface area contributed by atoms with Crippen molar-refractivity contribution in [1.82, 2.24) is 15.8 Å². The van der Waals surface area contributed by atoms with E-state index in [4.69, 9.17) is 9.26 Å². The van der Waals surface area contributed by atoms with Crippen molar-refractivity contribution in [1.29, 1.82) is 0 Å². The summed E-state index contributed by atoms with van der Waals surface area (Å²) in [6.07, 6.45) is 2.68. The molecule has 2 atom stereocenters. The van der Waals surface area contributed by atoms with E-state index in [1.807, 2.05) is 6.07 Å². The first kappa shape index (κ1) is 19.2. The monoisotopic (exact) mass is 383 g/mol. The number of fused-ring (bicyclic) bond motifs is 2. The zero-order chi connectivity index (χ0) is 19.7. The van der Waals surface area contributed by atoms with E-state index in [-0.39, 0.29) is 29.2 Å². The third-order valence-corrected chi connectivity index (χ3v) is 6.12. The van der Waals surface area contributed by atoms with Gasteiger partial charge in [0.05, 0.1) is 17.8 Å². The van der Waals surface area contributed by atoms with E-state index in [1.54, 1.807) is 13.2 Å². The number of rotatable bonds is 5. The third-order valence-electron chi connectivity index (χ3n) is 6.12. The van der Waals surface area contributed by atoms with Crippen LogP contribution in [0.3, 0.4) is 0 Å². The molecule has 0 saturated carbocycles. The first-order chi connectivity index (χ1) is 13.5. The second-order valence-corrected chi connectivity index (χ2v) is 8.38. The Morgan fingerprint density at radius 3 is 2.82 bits per heavy atom. The minimum atomic E-state index is -0.240. The normalized spacial score (nSPS) is 23.1. The molecule has 1 fully saturated rings. The van der Waals surface area contributed by atoms with E-state index < -0.39 is 0 Å². The molecule has 6 nitrogen and oxygen atoms in total. The number of amides is 1. The van der Waals surface area contributed by atoms with Crippen LogP contribution in [-0.4, -0.2) is 37.4 Å². The fourth-order valence-corrected chi connectivity index (χ4v) is 4.94. The largest absolute Gasteiger partial charge is 0.378 e. The number of aromatic nitrogens is 1. The van der Waals surface area contributed by atoms with Crippen LogP contribution in [-0.2, 0) is 16.6 Å². The lowest BCUT2D eigenvalue weighted by atomic mass is 9.72. The van der Waals surface area contributed by atoms with Crippen LogP contribution >= 0.6 is 0 Å². The van der Waals surface area contributed by atoms with Gasteiger partial charge in [0.25, 0.3) is 5.91 Å². The van der Waals surface area contributed by atoms with Crippen molar-refractivity contribution in [3.63, 3.8) is 0 Å². The van der Waals surface area contributed by atoms with E-state index in [1.165, 1.54) is 5.56 Å². The molecule has 0 radical (unpaired) electrons. The molecule has 150 valence electrons. The van der Waals surface area contributed by atoms with Crippen LogP contribution in [0.1, 0.15) is 60.1 Å². The summed E-state index contributed by atoms with van der Waals surface area (Å²) in [5.74, 6) is 0.477. The van der Waals surface area contributed by atoms with Crippen molar-refractivity contribution in [3.05, 3.63) is 52.9 Å². The molecule has 4 rings (SSSR count). The molecule has 1 aliphatic carbocycles. The number of piperidine rings is 1. The highest BCUT2D eigenvalue weighted by atomic mass is 16.5. The Labute approximate surface area is 166 Å². The summed E-state index contributed by atoms with van der Waals surface area (Å²) in [5, 5.41) is 10.7. The molecule has 1 amide bonds. The van der Waals surface area contributed by atoms with Gasteiger partial charge in [-0.1, -0.05) is 43.3 Å². The summed E-state index contributed by atoms with van der Waals surface area (Å²) in [6.45, 7) is 6.14. The molecular weight excluding hydrogens is 354 g/mol. The SMILES string of the molecule is CO[C@@H]1[C@@H](NC(=O)c2cc(CC(C)C)no2)c2ccccc2C12CCNCC2. The Morgan fingerprint density at radius 1 is 1.36 bits per heavy atom. The summed E-state index contributed by atoms with van der Waals surface area (Å²) in [6, 6.07) is 9.94. The maximum absolute atomic E-state index is 12.9. The third kappa shape index (κ3) is 3.25. The predicted molar refractivity (Wildman–Crippen MR) is 106 cm³/mol. The number of carbonyl (C=O) groups is 1. The molecule has 0 unspecified atom stereocenters. The average molecular weight is 383 g/mol. The molecule has 2 N–H and O–H groups in total. The highest BCUT2D eigenvalue weighted by Gasteiger charge is 2.53. The molecule has 2 aliphatic rings. The molecule has 1 aromatic heterocycles. The van der Waals surface area contributed by atoms with Gasteiger partial charge in [-0.2, -0.15) is 0 Å². The molecule has 28 heavy (non-hydrogen) atoms. The number of carbonyl (C=O) groups excluding carboxylic acids is 1. The molecule has 1 aliphatic heterocycles. The van der Waals surface area contributed by atoms with Gasteiger partial charge in [-0.3, -0.25) is 4.79 Å². The smallest absolute Gasteiger partial charge is 0.290 e. The minimum Gasteiger partial charge on any atom is -0.378 e. The highest BCUT2D eigenvalue weighted by molar-refractivity contribution is 5.92.